The number of alkyl carbamates (subject to hydrolysis) is 1. The summed E-state index contributed by atoms with van der Waals surface area (Å²) in [5.41, 5.74) is 1.09. The zero-order valence-corrected chi connectivity index (χ0v) is 46.1. The second kappa shape index (κ2) is 28.2. The number of Topliss-reactive ketones (excluding diaryl/α,β-unsaturated/α-hetero) is 1. The van der Waals surface area contributed by atoms with E-state index in [1.165, 1.54) is 14.7 Å². The summed E-state index contributed by atoms with van der Waals surface area (Å²) >= 11 is 0. The minimum Gasteiger partial charge on any atom is -0.460 e. The number of fused-ring (bicyclic) bond motifs is 3. The third-order valence-corrected chi connectivity index (χ3v) is 11.3. The van der Waals surface area contributed by atoms with Crippen molar-refractivity contribution in [3.8, 4) is 11.1 Å². The molecule has 0 radical (unpaired) electrons. The van der Waals surface area contributed by atoms with Gasteiger partial charge in [0.25, 0.3) is 0 Å². The van der Waals surface area contributed by atoms with Gasteiger partial charge in [0.05, 0.1) is 32.4 Å². The summed E-state index contributed by atoms with van der Waals surface area (Å²) in [6.45, 7) is 18.2. The Bertz CT molecular complexity index is 2280. The lowest BCUT2D eigenvalue weighted by molar-refractivity contribution is -0.157. The van der Waals surface area contributed by atoms with Crippen molar-refractivity contribution in [2.24, 2.45) is 5.41 Å². The smallest absolute Gasteiger partial charge is 0.407 e. The summed E-state index contributed by atoms with van der Waals surface area (Å²) in [6.07, 6.45) is -2.06. The topological polar surface area (TPSA) is 253 Å². The largest absolute Gasteiger partial charge is 0.460 e. The maximum absolute atomic E-state index is 13.7. The van der Waals surface area contributed by atoms with Gasteiger partial charge in [0, 0.05) is 69.9 Å². The fraction of sp³-hybridized carbons (Fsp3) is 0.600. The Kier molecular flexibility index (Phi) is 23.4. The molecule has 0 heterocycles. The predicted molar refractivity (Wildman–Crippen MR) is 279 cm³/mol. The van der Waals surface area contributed by atoms with Gasteiger partial charge in [-0.3, -0.25) is 43.2 Å². The zero-order chi connectivity index (χ0) is 56.3. The van der Waals surface area contributed by atoms with E-state index in [2.05, 4.69) is 16.0 Å². The highest BCUT2D eigenvalue weighted by Crippen LogP contribution is 2.44. The fourth-order valence-electron chi connectivity index (χ4n) is 7.68. The third-order valence-electron chi connectivity index (χ3n) is 11.3. The molecule has 1 aliphatic carbocycles. The number of carbonyl (C=O) groups excluding carboxylic acids is 10. The van der Waals surface area contributed by atoms with E-state index >= 15 is 0 Å². The molecule has 0 atom stereocenters. The van der Waals surface area contributed by atoms with Crippen molar-refractivity contribution < 1.29 is 66.9 Å². The van der Waals surface area contributed by atoms with E-state index in [1.54, 1.807) is 83.1 Å². The van der Waals surface area contributed by atoms with Crippen molar-refractivity contribution in [3.63, 3.8) is 0 Å². The van der Waals surface area contributed by atoms with Crippen LogP contribution in [-0.4, -0.2) is 156 Å². The van der Waals surface area contributed by atoms with E-state index in [0.717, 1.165) is 22.3 Å². The lowest BCUT2D eigenvalue weighted by atomic mass is 9.89. The van der Waals surface area contributed by atoms with Crippen LogP contribution in [-0.2, 0) is 62.1 Å². The van der Waals surface area contributed by atoms with E-state index in [-0.39, 0.29) is 96.1 Å². The minimum atomic E-state index is -0.874. The molecule has 0 unspecified atom stereocenters. The number of ketones is 1. The van der Waals surface area contributed by atoms with Crippen molar-refractivity contribution >= 4 is 59.3 Å². The van der Waals surface area contributed by atoms with Gasteiger partial charge in [-0.2, -0.15) is 0 Å². The van der Waals surface area contributed by atoms with Crippen molar-refractivity contribution in [2.45, 2.75) is 144 Å². The minimum absolute atomic E-state index is 0.00355. The van der Waals surface area contributed by atoms with Gasteiger partial charge in [0.1, 0.15) is 35.7 Å². The highest BCUT2D eigenvalue weighted by atomic mass is 16.6. The first-order chi connectivity index (χ1) is 34.8. The molecule has 0 aromatic heterocycles. The van der Waals surface area contributed by atoms with E-state index in [0.29, 0.717) is 0 Å². The number of nitrogens with one attached hydrogen (secondary N) is 3. The molecule has 0 fully saturated rings. The number of rotatable bonds is 26. The first-order valence-electron chi connectivity index (χ1n) is 25.5. The van der Waals surface area contributed by atoms with Crippen LogP contribution in [0.2, 0.25) is 0 Å². The quantitative estimate of drug-likeness (QED) is 0.0807. The van der Waals surface area contributed by atoms with Gasteiger partial charge >= 0.3 is 24.0 Å². The van der Waals surface area contributed by atoms with Crippen LogP contribution < -0.4 is 16.0 Å². The Labute approximate surface area is 441 Å². The Morgan fingerprint density at radius 1 is 0.440 bits per heavy atom. The van der Waals surface area contributed by atoms with Crippen LogP contribution in [0.4, 0.5) is 4.79 Å². The Morgan fingerprint density at radius 3 is 1.11 bits per heavy atom. The fourth-order valence-corrected chi connectivity index (χ4v) is 7.68. The van der Waals surface area contributed by atoms with E-state index in [4.69, 9.17) is 18.9 Å². The average Bonchev–Trinajstić information content (AvgIpc) is 3.62. The van der Waals surface area contributed by atoms with E-state index in [9.17, 15) is 47.9 Å². The molecule has 20 heteroatoms. The molecular formula is C55H80N6O14. The predicted octanol–water partition coefficient (Wildman–Crippen LogP) is 5.22. The van der Waals surface area contributed by atoms with Gasteiger partial charge in [-0.25, -0.2) is 4.79 Å². The van der Waals surface area contributed by atoms with Crippen LogP contribution in [0, 0.1) is 5.41 Å². The molecule has 2 aromatic carbocycles. The Balaban J connectivity index is 1.69. The number of amides is 6. The highest BCUT2D eigenvalue weighted by Gasteiger charge is 2.30. The van der Waals surface area contributed by atoms with Crippen LogP contribution in [0.25, 0.3) is 11.1 Å². The van der Waals surface area contributed by atoms with E-state index in [1.807, 2.05) is 48.5 Å². The van der Waals surface area contributed by atoms with Gasteiger partial charge in [-0.05, 0) is 84.6 Å². The average molecular weight is 1050 g/mol. The SMILES string of the molecule is CC(C)(C)OC(=O)CCN(CCC(=O)OC(C)(C)C)C(=O)CNC(=O)CCN(CCC(=O)NCC(=O)N(CCC(=O)OC(C)(C)C)CCC(=O)C(C)(C)C)C(=O)CNC(=O)OCC1c2ccccc2-c2ccccc21. The number of nitrogens with zero attached hydrogens (tertiary/aromatic N) is 3. The zero-order valence-electron chi connectivity index (χ0n) is 46.1. The van der Waals surface area contributed by atoms with Crippen molar-refractivity contribution in [2.75, 3.05) is 65.5 Å². The summed E-state index contributed by atoms with van der Waals surface area (Å²) in [5, 5.41) is 7.52. The molecule has 414 valence electrons. The molecule has 0 bridgehead atoms. The molecule has 0 saturated heterocycles. The molecule has 0 spiro atoms. The number of esters is 3. The molecule has 3 rings (SSSR count). The van der Waals surface area contributed by atoms with Crippen LogP contribution >= 0.6 is 0 Å². The van der Waals surface area contributed by atoms with Gasteiger partial charge in [-0.15, -0.1) is 0 Å². The molecule has 1 aliphatic rings. The second-order valence-electron chi connectivity index (χ2n) is 22.3. The molecule has 20 nitrogen and oxygen atoms in total. The maximum atomic E-state index is 13.7. The summed E-state index contributed by atoms with van der Waals surface area (Å²) < 4.78 is 21.7. The molecule has 2 aromatic rings. The normalized spacial score (nSPS) is 12.3. The summed E-state index contributed by atoms with van der Waals surface area (Å²) in [7, 11) is 0. The second-order valence-corrected chi connectivity index (χ2v) is 22.3. The van der Waals surface area contributed by atoms with Crippen molar-refractivity contribution in [1.82, 2.24) is 30.7 Å². The lowest BCUT2D eigenvalue weighted by Crippen LogP contribution is -2.45. The number of benzene rings is 2. The van der Waals surface area contributed by atoms with Gasteiger partial charge in [0.15, 0.2) is 0 Å². The Morgan fingerprint density at radius 2 is 0.760 bits per heavy atom. The number of hydrogen-bond donors (Lipinski definition) is 3. The van der Waals surface area contributed by atoms with Crippen molar-refractivity contribution in [3.05, 3.63) is 59.7 Å². The number of ether oxygens (including phenoxy) is 4. The number of hydrogen-bond acceptors (Lipinski definition) is 14. The van der Waals surface area contributed by atoms with E-state index < -0.39 is 95.4 Å². The molecular weight excluding hydrogens is 969 g/mol. The molecule has 75 heavy (non-hydrogen) atoms. The lowest BCUT2D eigenvalue weighted by Gasteiger charge is -2.26. The summed E-state index contributed by atoms with van der Waals surface area (Å²) in [5.74, 6) is -5.17. The van der Waals surface area contributed by atoms with Gasteiger partial charge in [-0.1, -0.05) is 69.3 Å². The van der Waals surface area contributed by atoms with Crippen LogP contribution in [0.1, 0.15) is 139 Å². The molecule has 0 saturated carbocycles. The monoisotopic (exact) mass is 1050 g/mol. The van der Waals surface area contributed by atoms with Crippen LogP contribution in [0.5, 0.6) is 0 Å². The maximum Gasteiger partial charge on any atom is 0.407 e. The number of carbonyl (C=O) groups is 10. The highest BCUT2D eigenvalue weighted by molar-refractivity contribution is 5.89. The van der Waals surface area contributed by atoms with Gasteiger partial charge in [0.2, 0.25) is 29.5 Å². The standard InChI is InChI=1S/C55H80N6O14/c1-52(2,3)42(62)21-27-59(30-24-48(68)73-53(4,5)6)45(65)33-56-43(63)22-28-60(47(67)35-58-51(71)72-36-41-39-19-15-13-17-37(39)38-18-14-16-20-40(38)41)29-23-44(64)57-34-46(66)61(31-25-49(69)74-54(7,8)9)32-26-50(70)75-55(10,11)12/h13-20,41H,21-36H2,1-12H3,(H,56,63)(H,57,64)(H,58,71). The first kappa shape index (κ1) is 62.4. The first-order valence-corrected chi connectivity index (χ1v) is 25.5. The van der Waals surface area contributed by atoms with Crippen LogP contribution in [0.15, 0.2) is 48.5 Å². The third kappa shape index (κ3) is 23.5. The summed E-state index contributed by atoms with van der Waals surface area (Å²) in [6, 6.07) is 15.6. The molecule has 3 N–H and O–H groups in total. The molecule has 6 amide bonds. The van der Waals surface area contributed by atoms with Crippen LogP contribution in [0.3, 0.4) is 0 Å². The van der Waals surface area contributed by atoms with Crippen molar-refractivity contribution in [1.29, 1.82) is 0 Å². The van der Waals surface area contributed by atoms with Gasteiger partial charge < -0.3 is 49.6 Å². The summed E-state index contributed by atoms with van der Waals surface area (Å²) in [4.78, 5) is 134. The molecule has 0 aliphatic heterocycles. The Hall–Kier alpha value is -6.86.